The quantitative estimate of drug-likeness (QED) is 0.846. The van der Waals surface area contributed by atoms with E-state index in [4.69, 9.17) is 5.73 Å². The van der Waals surface area contributed by atoms with E-state index >= 15 is 0 Å². The minimum Gasteiger partial charge on any atom is -0.349 e. The molecule has 4 heteroatoms. The molecule has 0 spiro atoms. The summed E-state index contributed by atoms with van der Waals surface area (Å²) in [6.45, 7) is 8.98. The second-order valence-corrected chi connectivity index (χ2v) is 5.65. The number of amides is 1. The van der Waals surface area contributed by atoms with Crippen LogP contribution in [-0.2, 0) is 4.79 Å². The van der Waals surface area contributed by atoms with Crippen LogP contribution in [0.3, 0.4) is 0 Å². The zero-order chi connectivity index (χ0) is 14.4. The molecule has 1 atom stereocenters. The van der Waals surface area contributed by atoms with E-state index in [0.717, 1.165) is 5.56 Å². The first-order chi connectivity index (χ1) is 8.95. The number of rotatable bonds is 6. The smallest absolute Gasteiger partial charge is 0.221 e. The fourth-order valence-corrected chi connectivity index (χ4v) is 2.10. The summed E-state index contributed by atoms with van der Waals surface area (Å²) in [6.07, 6.45) is 0.382. The van der Waals surface area contributed by atoms with Gasteiger partial charge in [-0.15, -0.1) is 12.4 Å². The largest absolute Gasteiger partial charge is 0.349 e. The van der Waals surface area contributed by atoms with Crippen molar-refractivity contribution in [3.63, 3.8) is 0 Å². The highest BCUT2D eigenvalue weighted by atomic mass is 35.5. The number of carbonyl (C=O) groups is 1. The van der Waals surface area contributed by atoms with Gasteiger partial charge >= 0.3 is 0 Å². The fraction of sp³-hybridized carbons (Fsp3) is 0.562. The summed E-state index contributed by atoms with van der Waals surface area (Å²) < 4.78 is 0. The SMILES string of the molecule is CC(C)c1ccc(C(NC(=O)CCN)C(C)C)cc1.Cl. The third-order valence-corrected chi connectivity index (χ3v) is 3.32. The first-order valence-electron chi connectivity index (χ1n) is 7.05. The average Bonchev–Trinajstić information content (AvgIpc) is 2.36. The molecule has 0 aliphatic carbocycles. The summed E-state index contributed by atoms with van der Waals surface area (Å²) in [5, 5.41) is 3.06. The highest BCUT2D eigenvalue weighted by molar-refractivity contribution is 5.85. The van der Waals surface area contributed by atoms with Crippen molar-refractivity contribution in [2.24, 2.45) is 11.7 Å². The van der Waals surface area contributed by atoms with Gasteiger partial charge in [-0.1, -0.05) is 52.0 Å². The number of hydrogen-bond donors (Lipinski definition) is 2. The number of nitrogens with one attached hydrogen (secondary N) is 1. The molecule has 1 aromatic rings. The van der Waals surface area contributed by atoms with E-state index in [1.165, 1.54) is 5.56 Å². The highest BCUT2D eigenvalue weighted by Gasteiger charge is 2.18. The van der Waals surface area contributed by atoms with Gasteiger partial charge in [-0.2, -0.15) is 0 Å². The molecule has 1 unspecified atom stereocenters. The number of halogens is 1. The van der Waals surface area contributed by atoms with Crippen LogP contribution in [0.5, 0.6) is 0 Å². The molecule has 0 aliphatic rings. The first-order valence-corrected chi connectivity index (χ1v) is 7.05. The lowest BCUT2D eigenvalue weighted by Gasteiger charge is -2.23. The van der Waals surface area contributed by atoms with Gasteiger partial charge in [0.1, 0.15) is 0 Å². The van der Waals surface area contributed by atoms with Gasteiger partial charge in [-0.3, -0.25) is 4.79 Å². The lowest BCUT2D eigenvalue weighted by atomic mass is 9.93. The van der Waals surface area contributed by atoms with Crippen molar-refractivity contribution in [1.82, 2.24) is 5.32 Å². The molecular formula is C16H27ClN2O. The van der Waals surface area contributed by atoms with E-state index in [0.29, 0.717) is 24.8 Å². The van der Waals surface area contributed by atoms with Crippen LogP contribution in [0, 0.1) is 5.92 Å². The minimum atomic E-state index is 0. The number of hydrogen-bond acceptors (Lipinski definition) is 2. The Labute approximate surface area is 128 Å². The lowest BCUT2D eigenvalue weighted by molar-refractivity contribution is -0.122. The van der Waals surface area contributed by atoms with Gasteiger partial charge in [-0.05, 0) is 23.0 Å². The maximum Gasteiger partial charge on any atom is 0.221 e. The molecule has 0 heterocycles. The van der Waals surface area contributed by atoms with Crippen molar-refractivity contribution in [3.8, 4) is 0 Å². The second-order valence-electron chi connectivity index (χ2n) is 5.65. The molecule has 114 valence electrons. The van der Waals surface area contributed by atoms with Crippen molar-refractivity contribution in [1.29, 1.82) is 0 Å². The molecule has 0 aromatic heterocycles. The summed E-state index contributed by atoms with van der Waals surface area (Å²) in [5.41, 5.74) is 7.89. The molecule has 0 bridgehead atoms. The van der Waals surface area contributed by atoms with Crippen LogP contribution in [-0.4, -0.2) is 12.5 Å². The Kier molecular flexibility index (Phi) is 8.51. The lowest BCUT2D eigenvalue weighted by Crippen LogP contribution is -2.32. The van der Waals surface area contributed by atoms with Crippen LogP contribution in [0.15, 0.2) is 24.3 Å². The third-order valence-electron chi connectivity index (χ3n) is 3.32. The van der Waals surface area contributed by atoms with Gasteiger partial charge < -0.3 is 11.1 Å². The van der Waals surface area contributed by atoms with E-state index in [-0.39, 0.29) is 24.4 Å². The number of benzene rings is 1. The molecule has 1 aromatic carbocycles. The zero-order valence-electron chi connectivity index (χ0n) is 12.8. The van der Waals surface area contributed by atoms with Gasteiger partial charge in [0, 0.05) is 13.0 Å². The van der Waals surface area contributed by atoms with Crippen LogP contribution in [0.2, 0.25) is 0 Å². The Balaban J connectivity index is 0.00000361. The van der Waals surface area contributed by atoms with Gasteiger partial charge in [-0.25, -0.2) is 0 Å². The summed E-state index contributed by atoms with van der Waals surface area (Å²) >= 11 is 0. The Bertz CT molecular complexity index is 401. The molecule has 0 radical (unpaired) electrons. The fourth-order valence-electron chi connectivity index (χ4n) is 2.10. The van der Waals surface area contributed by atoms with Crippen molar-refractivity contribution in [2.75, 3.05) is 6.54 Å². The summed E-state index contributed by atoms with van der Waals surface area (Å²) in [6, 6.07) is 8.57. The van der Waals surface area contributed by atoms with Crippen molar-refractivity contribution < 1.29 is 4.79 Å². The van der Waals surface area contributed by atoms with Crippen molar-refractivity contribution >= 4 is 18.3 Å². The molecule has 0 saturated heterocycles. The molecule has 1 amide bonds. The van der Waals surface area contributed by atoms with Crippen LogP contribution >= 0.6 is 12.4 Å². The Morgan fingerprint density at radius 3 is 2.00 bits per heavy atom. The van der Waals surface area contributed by atoms with E-state index in [2.05, 4.69) is 57.3 Å². The molecule has 20 heavy (non-hydrogen) atoms. The maximum atomic E-state index is 11.7. The van der Waals surface area contributed by atoms with E-state index < -0.39 is 0 Å². The number of nitrogens with two attached hydrogens (primary N) is 1. The van der Waals surface area contributed by atoms with E-state index in [9.17, 15) is 4.79 Å². The molecular weight excluding hydrogens is 272 g/mol. The van der Waals surface area contributed by atoms with Crippen LogP contribution in [0.4, 0.5) is 0 Å². The second kappa shape index (κ2) is 8.98. The van der Waals surface area contributed by atoms with Crippen molar-refractivity contribution in [2.45, 2.75) is 46.1 Å². The Hall–Kier alpha value is -1.06. The van der Waals surface area contributed by atoms with Crippen molar-refractivity contribution in [3.05, 3.63) is 35.4 Å². The van der Waals surface area contributed by atoms with Gasteiger partial charge in [0.05, 0.1) is 6.04 Å². The minimum absolute atomic E-state index is 0. The van der Waals surface area contributed by atoms with Gasteiger partial charge in [0.25, 0.3) is 0 Å². The Morgan fingerprint density at radius 2 is 1.60 bits per heavy atom. The molecule has 3 nitrogen and oxygen atoms in total. The topological polar surface area (TPSA) is 55.1 Å². The maximum absolute atomic E-state index is 11.7. The molecule has 0 fully saturated rings. The first kappa shape index (κ1) is 18.9. The predicted octanol–water partition coefficient (Wildman–Crippen LogP) is 3.39. The normalized spacial score (nSPS) is 12.2. The molecule has 0 saturated carbocycles. The van der Waals surface area contributed by atoms with Crippen LogP contribution in [0.25, 0.3) is 0 Å². The van der Waals surface area contributed by atoms with Gasteiger partial charge in [0.15, 0.2) is 0 Å². The van der Waals surface area contributed by atoms with Crippen LogP contribution < -0.4 is 11.1 Å². The molecule has 1 rings (SSSR count). The number of carbonyl (C=O) groups excluding carboxylic acids is 1. The monoisotopic (exact) mass is 298 g/mol. The third kappa shape index (κ3) is 5.51. The molecule has 3 N–H and O–H groups in total. The average molecular weight is 299 g/mol. The zero-order valence-corrected chi connectivity index (χ0v) is 13.7. The molecule has 0 aliphatic heterocycles. The summed E-state index contributed by atoms with van der Waals surface area (Å²) in [5.74, 6) is 0.902. The summed E-state index contributed by atoms with van der Waals surface area (Å²) in [7, 11) is 0. The predicted molar refractivity (Wildman–Crippen MR) is 87.2 cm³/mol. The van der Waals surface area contributed by atoms with Gasteiger partial charge in [0.2, 0.25) is 5.91 Å². The summed E-state index contributed by atoms with van der Waals surface area (Å²) in [4.78, 5) is 11.7. The van der Waals surface area contributed by atoms with E-state index in [1.54, 1.807) is 0 Å². The highest BCUT2D eigenvalue weighted by Crippen LogP contribution is 2.24. The Morgan fingerprint density at radius 1 is 1.10 bits per heavy atom. The van der Waals surface area contributed by atoms with Crippen LogP contribution in [0.1, 0.15) is 57.2 Å². The van der Waals surface area contributed by atoms with E-state index in [1.807, 2.05) is 0 Å². The standard InChI is InChI=1S/C16H26N2O.ClH/c1-11(2)13-5-7-14(8-6-13)16(12(3)4)18-15(19)9-10-17;/h5-8,11-12,16H,9-10,17H2,1-4H3,(H,18,19);1H.